The molecule has 0 aliphatic heterocycles. The molecule has 3 nitrogen and oxygen atoms in total. The first-order valence-corrected chi connectivity index (χ1v) is 7.94. The number of hydrogen-bond donors (Lipinski definition) is 2. The highest BCUT2D eigenvalue weighted by Crippen LogP contribution is 2.30. The van der Waals surface area contributed by atoms with Crippen molar-refractivity contribution in [2.45, 2.75) is 37.5 Å². The number of nitrogens with one attached hydrogen (secondary N) is 1. The number of carbonyl (C=O) groups is 1. The summed E-state index contributed by atoms with van der Waals surface area (Å²) in [5.74, 6) is 0.737. The van der Waals surface area contributed by atoms with Crippen LogP contribution in [0.2, 0.25) is 0 Å². The third-order valence-corrected chi connectivity index (χ3v) is 4.54. The van der Waals surface area contributed by atoms with E-state index in [0.29, 0.717) is 11.5 Å². The van der Waals surface area contributed by atoms with Gasteiger partial charge < -0.3 is 10.4 Å². The zero-order chi connectivity index (χ0) is 13.7. The molecule has 1 aromatic rings. The molecule has 1 aliphatic rings. The number of benzene rings is 1. The van der Waals surface area contributed by atoms with Crippen molar-refractivity contribution in [1.29, 1.82) is 0 Å². The minimum Gasteiger partial charge on any atom is -0.478 e. The van der Waals surface area contributed by atoms with Gasteiger partial charge in [-0.15, -0.1) is 11.8 Å². The lowest BCUT2D eigenvalue weighted by atomic mass is 10.1. The molecular formula is C15H21NO2S. The number of hydrogen-bond acceptors (Lipinski definition) is 3. The van der Waals surface area contributed by atoms with Gasteiger partial charge in [0.2, 0.25) is 0 Å². The molecule has 0 unspecified atom stereocenters. The molecule has 0 heterocycles. The van der Waals surface area contributed by atoms with Crippen LogP contribution in [0.3, 0.4) is 0 Å². The van der Waals surface area contributed by atoms with Crippen molar-refractivity contribution in [2.75, 3.05) is 17.6 Å². The van der Waals surface area contributed by atoms with Crippen LogP contribution in [0.25, 0.3) is 0 Å². The molecule has 1 aromatic carbocycles. The van der Waals surface area contributed by atoms with Gasteiger partial charge in [0, 0.05) is 17.1 Å². The number of anilines is 1. The highest BCUT2D eigenvalue weighted by molar-refractivity contribution is 7.99. The van der Waals surface area contributed by atoms with Crippen LogP contribution in [0, 0.1) is 5.92 Å². The van der Waals surface area contributed by atoms with E-state index in [-0.39, 0.29) is 0 Å². The van der Waals surface area contributed by atoms with Gasteiger partial charge in [0.25, 0.3) is 0 Å². The fourth-order valence-electron chi connectivity index (χ4n) is 2.64. The maximum absolute atomic E-state index is 11.5. The first-order chi connectivity index (χ1) is 9.22. The second-order valence-corrected chi connectivity index (χ2v) is 6.25. The molecule has 1 saturated carbocycles. The Hall–Kier alpha value is -1.16. The zero-order valence-corrected chi connectivity index (χ0v) is 12.1. The fraction of sp³-hybridized carbons (Fsp3) is 0.533. The lowest BCUT2D eigenvalue weighted by Gasteiger charge is -2.15. The van der Waals surface area contributed by atoms with E-state index in [4.69, 9.17) is 0 Å². The summed E-state index contributed by atoms with van der Waals surface area (Å²) in [6.07, 6.45) is 5.14. The number of aromatic carboxylic acids is 1. The summed E-state index contributed by atoms with van der Waals surface area (Å²) >= 11 is 1.58. The Morgan fingerprint density at radius 3 is 2.79 bits per heavy atom. The van der Waals surface area contributed by atoms with Crippen molar-refractivity contribution in [3.05, 3.63) is 23.8 Å². The first kappa shape index (κ1) is 14.3. The number of thioether (sulfide) groups is 1. The van der Waals surface area contributed by atoms with E-state index < -0.39 is 5.97 Å². The van der Waals surface area contributed by atoms with Crippen molar-refractivity contribution < 1.29 is 9.90 Å². The third-order valence-electron chi connectivity index (χ3n) is 3.60. The molecule has 0 saturated heterocycles. The molecule has 0 spiro atoms. The first-order valence-electron chi connectivity index (χ1n) is 6.95. The van der Waals surface area contributed by atoms with Crippen LogP contribution in [-0.4, -0.2) is 23.4 Å². The van der Waals surface area contributed by atoms with E-state index in [2.05, 4.69) is 5.32 Å². The average molecular weight is 279 g/mol. The van der Waals surface area contributed by atoms with Gasteiger partial charge in [0.05, 0.1) is 5.56 Å². The predicted octanol–water partition coefficient (Wildman–Crippen LogP) is 4.10. The average Bonchev–Trinajstić information content (AvgIpc) is 2.89. The Balaban J connectivity index is 2.13. The summed E-state index contributed by atoms with van der Waals surface area (Å²) in [7, 11) is 0. The smallest absolute Gasteiger partial charge is 0.338 e. The molecule has 1 aliphatic carbocycles. The second-order valence-electron chi connectivity index (χ2n) is 4.95. The molecule has 0 aromatic heterocycles. The van der Waals surface area contributed by atoms with E-state index in [9.17, 15) is 9.90 Å². The molecule has 0 amide bonds. The number of carboxylic acid groups (broad SMARTS) is 1. The summed E-state index contributed by atoms with van der Waals surface area (Å²) in [5.41, 5.74) is 1.19. The van der Waals surface area contributed by atoms with Crippen LogP contribution in [0.4, 0.5) is 5.69 Å². The van der Waals surface area contributed by atoms with Gasteiger partial charge in [-0.3, -0.25) is 0 Å². The summed E-state index contributed by atoms with van der Waals surface area (Å²) in [4.78, 5) is 12.3. The highest BCUT2D eigenvalue weighted by atomic mass is 32.2. The molecule has 19 heavy (non-hydrogen) atoms. The Morgan fingerprint density at radius 1 is 1.42 bits per heavy atom. The molecular weight excluding hydrogens is 258 g/mol. The van der Waals surface area contributed by atoms with Gasteiger partial charge >= 0.3 is 5.97 Å². The highest BCUT2D eigenvalue weighted by Gasteiger charge is 2.18. The van der Waals surface area contributed by atoms with Gasteiger partial charge in [-0.05, 0) is 36.6 Å². The molecule has 1 fully saturated rings. The Bertz CT molecular complexity index is 442. The lowest BCUT2D eigenvalue weighted by Crippen LogP contribution is -2.14. The van der Waals surface area contributed by atoms with Crippen molar-refractivity contribution in [1.82, 2.24) is 0 Å². The lowest BCUT2D eigenvalue weighted by molar-refractivity contribution is 0.0694. The van der Waals surface area contributed by atoms with Crippen LogP contribution >= 0.6 is 11.8 Å². The number of rotatable bonds is 6. The standard InChI is InChI=1S/C15H21NO2S/c1-2-19-13-9-5-8-12(14(13)15(17)18)16-10-11-6-3-4-7-11/h5,8-9,11,16H,2-4,6-7,10H2,1H3,(H,17,18). The predicted molar refractivity (Wildman–Crippen MR) is 80.2 cm³/mol. The fourth-order valence-corrected chi connectivity index (χ4v) is 3.47. The topological polar surface area (TPSA) is 49.3 Å². The van der Waals surface area contributed by atoms with Gasteiger partial charge in [0.15, 0.2) is 0 Å². The molecule has 4 heteroatoms. The molecule has 2 N–H and O–H groups in total. The van der Waals surface area contributed by atoms with Crippen molar-refractivity contribution in [2.24, 2.45) is 5.92 Å². The quantitative estimate of drug-likeness (QED) is 0.770. The number of carboxylic acids is 1. The molecule has 104 valence electrons. The van der Waals surface area contributed by atoms with Gasteiger partial charge in [-0.2, -0.15) is 0 Å². The maximum atomic E-state index is 11.5. The normalized spacial score (nSPS) is 15.6. The van der Waals surface area contributed by atoms with Crippen molar-refractivity contribution >= 4 is 23.4 Å². The van der Waals surface area contributed by atoms with E-state index in [1.165, 1.54) is 25.7 Å². The van der Waals surface area contributed by atoms with E-state index >= 15 is 0 Å². The SMILES string of the molecule is CCSc1cccc(NCC2CCCC2)c1C(=O)O. The van der Waals surface area contributed by atoms with Gasteiger partial charge in [-0.25, -0.2) is 4.79 Å². The minimum atomic E-state index is -0.842. The van der Waals surface area contributed by atoms with Crippen LogP contribution in [0.15, 0.2) is 23.1 Å². The Labute approximate surface area is 118 Å². The summed E-state index contributed by atoms with van der Waals surface area (Å²) in [6.45, 7) is 2.93. The summed E-state index contributed by atoms with van der Waals surface area (Å²) in [6, 6.07) is 5.69. The van der Waals surface area contributed by atoms with Gasteiger partial charge in [0.1, 0.15) is 0 Å². The van der Waals surface area contributed by atoms with Crippen LogP contribution in [0.5, 0.6) is 0 Å². The molecule has 0 atom stereocenters. The zero-order valence-electron chi connectivity index (χ0n) is 11.3. The molecule has 0 bridgehead atoms. The van der Waals surface area contributed by atoms with Crippen LogP contribution in [0.1, 0.15) is 43.0 Å². The molecule has 0 radical (unpaired) electrons. The van der Waals surface area contributed by atoms with Crippen molar-refractivity contribution in [3.8, 4) is 0 Å². The monoisotopic (exact) mass is 279 g/mol. The van der Waals surface area contributed by atoms with Gasteiger partial charge in [-0.1, -0.05) is 25.8 Å². The third kappa shape index (κ3) is 3.66. The van der Waals surface area contributed by atoms with Crippen molar-refractivity contribution in [3.63, 3.8) is 0 Å². The summed E-state index contributed by atoms with van der Waals surface area (Å²) in [5, 5.41) is 12.8. The van der Waals surface area contributed by atoms with E-state index in [0.717, 1.165) is 22.9 Å². The largest absolute Gasteiger partial charge is 0.478 e. The van der Waals surface area contributed by atoms with E-state index in [1.54, 1.807) is 11.8 Å². The molecule has 2 rings (SSSR count). The Morgan fingerprint density at radius 2 is 2.16 bits per heavy atom. The minimum absolute atomic E-state index is 0.423. The van der Waals surface area contributed by atoms with Crippen LogP contribution < -0.4 is 5.32 Å². The van der Waals surface area contributed by atoms with E-state index in [1.807, 2.05) is 25.1 Å². The van der Waals surface area contributed by atoms with Crippen LogP contribution in [-0.2, 0) is 0 Å². The Kier molecular flexibility index (Phi) is 5.14. The second kappa shape index (κ2) is 6.85. The maximum Gasteiger partial charge on any atom is 0.338 e. The summed E-state index contributed by atoms with van der Waals surface area (Å²) < 4.78 is 0.